The molecule has 0 radical (unpaired) electrons. The molecule has 0 aromatic carbocycles. The van der Waals surface area contributed by atoms with Crippen molar-refractivity contribution in [3.63, 3.8) is 0 Å². The molecule has 1 unspecified atom stereocenters. The summed E-state index contributed by atoms with van der Waals surface area (Å²) in [7, 11) is 0. The molecule has 19 heavy (non-hydrogen) atoms. The summed E-state index contributed by atoms with van der Waals surface area (Å²) in [6.07, 6.45) is 9.59. The Morgan fingerprint density at radius 3 is 2.63 bits per heavy atom. The van der Waals surface area contributed by atoms with Crippen LogP contribution in [0.25, 0.3) is 0 Å². The normalized spacial score (nSPS) is 37.6. The molecule has 3 nitrogen and oxygen atoms in total. The van der Waals surface area contributed by atoms with E-state index in [1.807, 2.05) is 0 Å². The summed E-state index contributed by atoms with van der Waals surface area (Å²) >= 11 is 0. The smallest absolute Gasteiger partial charge is 0.226 e. The summed E-state index contributed by atoms with van der Waals surface area (Å²) in [5.74, 6) is 2.01. The van der Waals surface area contributed by atoms with Gasteiger partial charge in [-0.25, -0.2) is 0 Å². The van der Waals surface area contributed by atoms with Gasteiger partial charge in [0.25, 0.3) is 0 Å². The van der Waals surface area contributed by atoms with Crippen molar-refractivity contribution < 1.29 is 4.79 Å². The number of amides is 1. The van der Waals surface area contributed by atoms with Gasteiger partial charge in [-0.2, -0.15) is 0 Å². The number of hydrogen-bond donors (Lipinski definition) is 2. The predicted molar refractivity (Wildman–Crippen MR) is 76.8 cm³/mol. The maximum Gasteiger partial charge on any atom is 0.226 e. The first-order chi connectivity index (χ1) is 9.17. The Morgan fingerprint density at radius 1 is 1.11 bits per heavy atom. The lowest BCUT2D eigenvalue weighted by molar-refractivity contribution is -0.133. The van der Waals surface area contributed by atoms with Gasteiger partial charge in [0, 0.05) is 11.5 Å². The van der Waals surface area contributed by atoms with Crippen LogP contribution in [0.3, 0.4) is 0 Å². The Morgan fingerprint density at radius 2 is 1.84 bits per heavy atom. The van der Waals surface area contributed by atoms with Gasteiger partial charge in [-0.1, -0.05) is 26.2 Å². The highest BCUT2D eigenvalue weighted by Crippen LogP contribution is 2.37. The molecule has 3 fully saturated rings. The van der Waals surface area contributed by atoms with Crippen LogP contribution in [0.15, 0.2) is 0 Å². The molecular weight excluding hydrogens is 236 g/mol. The van der Waals surface area contributed by atoms with Gasteiger partial charge in [0.05, 0.1) is 0 Å². The van der Waals surface area contributed by atoms with E-state index < -0.39 is 0 Å². The van der Waals surface area contributed by atoms with Gasteiger partial charge in [0.15, 0.2) is 0 Å². The van der Waals surface area contributed by atoms with Gasteiger partial charge in [0.2, 0.25) is 5.91 Å². The van der Waals surface area contributed by atoms with Gasteiger partial charge >= 0.3 is 0 Å². The Bertz CT molecular complexity index is 336. The molecule has 3 aliphatic rings. The van der Waals surface area contributed by atoms with Crippen LogP contribution < -0.4 is 10.6 Å². The summed E-state index contributed by atoms with van der Waals surface area (Å²) in [4.78, 5) is 12.6. The van der Waals surface area contributed by atoms with Gasteiger partial charge < -0.3 is 10.6 Å². The fraction of sp³-hybridized carbons (Fsp3) is 0.938. The van der Waals surface area contributed by atoms with Crippen molar-refractivity contribution in [2.75, 3.05) is 13.1 Å². The lowest BCUT2D eigenvalue weighted by atomic mass is 9.74. The van der Waals surface area contributed by atoms with Gasteiger partial charge in [-0.05, 0) is 57.0 Å². The van der Waals surface area contributed by atoms with Gasteiger partial charge in [0.1, 0.15) is 0 Å². The molecule has 1 aliphatic heterocycles. The number of hydrogen-bond acceptors (Lipinski definition) is 2. The van der Waals surface area contributed by atoms with Crippen LogP contribution >= 0.6 is 0 Å². The van der Waals surface area contributed by atoms with E-state index in [1.165, 1.54) is 45.1 Å². The lowest BCUT2D eigenvalue weighted by Crippen LogP contribution is -2.47. The fourth-order valence-electron chi connectivity index (χ4n) is 4.35. The summed E-state index contributed by atoms with van der Waals surface area (Å²) in [6.45, 7) is 4.53. The molecule has 2 saturated carbocycles. The topological polar surface area (TPSA) is 41.1 Å². The van der Waals surface area contributed by atoms with Crippen molar-refractivity contribution in [2.24, 2.45) is 17.3 Å². The molecule has 1 amide bonds. The number of carbonyl (C=O) groups excluding carboxylic acids is 1. The molecule has 0 aromatic rings. The van der Waals surface area contributed by atoms with Crippen LogP contribution in [-0.4, -0.2) is 25.0 Å². The Balaban J connectivity index is 1.54. The zero-order valence-electron chi connectivity index (χ0n) is 12.2. The third-order valence-corrected chi connectivity index (χ3v) is 5.79. The number of rotatable bonds is 2. The van der Waals surface area contributed by atoms with Crippen molar-refractivity contribution in [2.45, 2.75) is 64.3 Å². The lowest BCUT2D eigenvalue weighted by Gasteiger charge is -2.37. The minimum Gasteiger partial charge on any atom is -0.353 e. The monoisotopic (exact) mass is 264 g/mol. The van der Waals surface area contributed by atoms with Crippen LogP contribution in [0.1, 0.15) is 58.3 Å². The van der Waals surface area contributed by atoms with E-state index in [9.17, 15) is 4.79 Å². The highest BCUT2D eigenvalue weighted by molar-refractivity contribution is 5.82. The van der Waals surface area contributed by atoms with E-state index in [1.54, 1.807) is 0 Å². The van der Waals surface area contributed by atoms with Crippen molar-refractivity contribution in [1.29, 1.82) is 0 Å². The highest BCUT2D eigenvalue weighted by atomic mass is 16.2. The van der Waals surface area contributed by atoms with Crippen LogP contribution in [0.2, 0.25) is 0 Å². The van der Waals surface area contributed by atoms with E-state index in [-0.39, 0.29) is 5.41 Å². The van der Waals surface area contributed by atoms with Gasteiger partial charge in [-0.3, -0.25) is 4.79 Å². The molecule has 108 valence electrons. The van der Waals surface area contributed by atoms with E-state index >= 15 is 0 Å². The van der Waals surface area contributed by atoms with Crippen LogP contribution in [0.5, 0.6) is 0 Å². The minimum absolute atomic E-state index is 0.0803. The Hall–Kier alpha value is -0.570. The van der Waals surface area contributed by atoms with Crippen LogP contribution in [0, 0.1) is 17.3 Å². The van der Waals surface area contributed by atoms with Crippen molar-refractivity contribution in [1.82, 2.24) is 10.6 Å². The molecule has 2 aliphatic carbocycles. The van der Waals surface area contributed by atoms with Gasteiger partial charge in [-0.15, -0.1) is 0 Å². The molecule has 1 heterocycles. The molecular formula is C16H28N2O. The molecule has 2 N–H and O–H groups in total. The molecule has 3 rings (SSSR count). The zero-order valence-corrected chi connectivity index (χ0v) is 12.2. The highest BCUT2D eigenvalue weighted by Gasteiger charge is 2.38. The van der Waals surface area contributed by atoms with E-state index in [2.05, 4.69) is 17.6 Å². The van der Waals surface area contributed by atoms with E-state index in [4.69, 9.17) is 0 Å². The number of fused-ring (bicyclic) bond motifs is 1. The standard InChI is InChI=1S/C16H28N2O/c1-16(7-3-2-4-8-16)15(19)18-14-6-5-12-10-17-11-13(12)9-14/h12-14,17H,2-11H2,1H3,(H,18,19)/t12-,13+,14?/m0/s1. The van der Waals surface area contributed by atoms with Crippen molar-refractivity contribution in [3.8, 4) is 0 Å². The first kappa shape index (κ1) is 13.4. The Kier molecular flexibility index (Phi) is 3.84. The van der Waals surface area contributed by atoms with E-state index in [0.29, 0.717) is 11.9 Å². The first-order valence-electron chi connectivity index (χ1n) is 8.19. The summed E-state index contributed by atoms with van der Waals surface area (Å²) in [5.41, 5.74) is -0.0803. The van der Waals surface area contributed by atoms with Crippen LogP contribution in [0.4, 0.5) is 0 Å². The summed E-state index contributed by atoms with van der Waals surface area (Å²) < 4.78 is 0. The molecule has 0 spiro atoms. The predicted octanol–water partition coefficient (Wildman–Crippen LogP) is 2.46. The average Bonchev–Trinajstić information content (AvgIpc) is 2.87. The first-order valence-corrected chi connectivity index (χ1v) is 8.19. The minimum atomic E-state index is -0.0803. The van der Waals surface area contributed by atoms with Crippen molar-refractivity contribution in [3.05, 3.63) is 0 Å². The second-order valence-corrected chi connectivity index (χ2v) is 7.28. The molecule has 3 atom stereocenters. The summed E-state index contributed by atoms with van der Waals surface area (Å²) in [5, 5.41) is 6.87. The third kappa shape index (κ3) is 2.81. The maximum absolute atomic E-state index is 12.6. The molecule has 0 aromatic heterocycles. The quantitative estimate of drug-likeness (QED) is 0.804. The molecule has 1 saturated heterocycles. The second-order valence-electron chi connectivity index (χ2n) is 7.28. The largest absolute Gasteiger partial charge is 0.353 e. The summed E-state index contributed by atoms with van der Waals surface area (Å²) in [6, 6.07) is 0.437. The molecule has 0 bridgehead atoms. The fourth-order valence-corrected chi connectivity index (χ4v) is 4.35. The Labute approximate surface area is 116 Å². The maximum atomic E-state index is 12.6. The number of carbonyl (C=O) groups is 1. The third-order valence-electron chi connectivity index (χ3n) is 5.79. The van der Waals surface area contributed by atoms with E-state index in [0.717, 1.165) is 31.2 Å². The molecule has 3 heteroatoms. The second kappa shape index (κ2) is 5.43. The SMILES string of the molecule is CC1(C(=O)NC2CC[C@H]3CNC[C@H]3C2)CCCCC1. The van der Waals surface area contributed by atoms with Crippen LogP contribution in [-0.2, 0) is 4.79 Å². The average molecular weight is 264 g/mol. The number of nitrogens with one attached hydrogen (secondary N) is 2. The zero-order chi connectivity index (χ0) is 13.3. The van der Waals surface area contributed by atoms with Crippen molar-refractivity contribution >= 4 is 5.91 Å².